The molecule has 4 aliphatic rings. The van der Waals surface area contributed by atoms with Gasteiger partial charge in [0.25, 0.3) is 0 Å². The summed E-state index contributed by atoms with van der Waals surface area (Å²) in [5, 5.41) is 16.2. The molecule has 0 bridgehead atoms. The first-order valence-corrected chi connectivity index (χ1v) is 10.2. The monoisotopic (exact) mass is 358 g/mol. The van der Waals surface area contributed by atoms with E-state index < -0.39 is 6.29 Å². The van der Waals surface area contributed by atoms with Crippen molar-refractivity contribution >= 4 is 5.78 Å². The molecule has 0 saturated heterocycles. The van der Waals surface area contributed by atoms with Gasteiger partial charge in [0, 0.05) is 0 Å². The van der Waals surface area contributed by atoms with E-state index >= 15 is 0 Å². The van der Waals surface area contributed by atoms with Crippen molar-refractivity contribution < 1.29 is 15.0 Å². The minimum atomic E-state index is -1.34. The lowest BCUT2D eigenvalue weighted by molar-refractivity contribution is -0.121. The molecular weight excluding hydrogens is 324 g/mol. The molecule has 0 heterocycles. The number of aliphatic hydroxyl groups is 2. The third-order valence-corrected chi connectivity index (χ3v) is 7.69. The number of hydrogen-bond acceptors (Lipinski definition) is 3. The van der Waals surface area contributed by atoms with E-state index in [9.17, 15) is 4.79 Å². The molecule has 4 aliphatic carbocycles. The molecule has 3 heteroatoms. The van der Waals surface area contributed by atoms with Crippen LogP contribution >= 0.6 is 0 Å². The van der Waals surface area contributed by atoms with Crippen LogP contribution in [0, 0.1) is 22.7 Å². The Bertz CT molecular complexity index is 656. The van der Waals surface area contributed by atoms with Gasteiger partial charge in [-0.25, -0.2) is 0 Å². The highest BCUT2D eigenvalue weighted by atomic mass is 16.5. The standard InChI is InChI=1S/C19H26O.C4H8O2/c1-18-11-4-3-5-13(18)6-7-14-15-8-9-17(20)19(15,2)12-10-16(14)18;1-3(2)4(5)6/h8-9,13,16H,3-7,10-12H2,1-2H3;4-6H,1H2,2H3/t13?,16-,18-,19-;/m0./s1. The first kappa shape index (κ1) is 19.6. The van der Waals surface area contributed by atoms with Gasteiger partial charge in [-0.1, -0.05) is 38.0 Å². The third-order valence-electron chi connectivity index (χ3n) is 7.69. The molecule has 0 aromatic rings. The van der Waals surface area contributed by atoms with Crippen molar-refractivity contribution in [3.05, 3.63) is 35.5 Å². The van der Waals surface area contributed by atoms with Gasteiger partial charge in [0.05, 0.1) is 5.41 Å². The third kappa shape index (κ3) is 3.14. The summed E-state index contributed by atoms with van der Waals surface area (Å²) in [7, 11) is 0. The predicted molar refractivity (Wildman–Crippen MR) is 104 cm³/mol. The summed E-state index contributed by atoms with van der Waals surface area (Å²) in [4.78, 5) is 12.2. The Hall–Kier alpha value is -1.19. The van der Waals surface area contributed by atoms with E-state index in [2.05, 4.69) is 26.5 Å². The lowest BCUT2D eigenvalue weighted by atomic mass is 9.50. The molecule has 0 radical (unpaired) electrons. The minimum absolute atomic E-state index is 0.163. The maximum absolute atomic E-state index is 12.2. The molecule has 1 unspecified atom stereocenters. The number of allylic oxidation sites excluding steroid dienone is 4. The van der Waals surface area contributed by atoms with Crippen LogP contribution in [0.5, 0.6) is 0 Å². The van der Waals surface area contributed by atoms with Crippen molar-refractivity contribution in [3.63, 3.8) is 0 Å². The van der Waals surface area contributed by atoms with Gasteiger partial charge in [0.2, 0.25) is 0 Å². The SMILES string of the molecule is C=C(C)C(O)O.C[C@]12CC[C@H]3C(=C1C=CC2=O)CCC1CCCC[C@@]13C. The number of rotatable bonds is 1. The van der Waals surface area contributed by atoms with Crippen LogP contribution in [0.2, 0.25) is 0 Å². The molecule has 3 nitrogen and oxygen atoms in total. The fourth-order valence-electron chi connectivity index (χ4n) is 5.90. The van der Waals surface area contributed by atoms with Crippen LogP contribution < -0.4 is 0 Å². The van der Waals surface area contributed by atoms with Crippen LogP contribution in [0.3, 0.4) is 0 Å². The average Bonchev–Trinajstić information content (AvgIpc) is 2.90. The van der Waals surface area contributed by atoms with Crippen molar-refractivity contribution in [1.82, 2.24) is 0 Å². The van der Waals surface area contributed by atoms with E-state index in [0.29, 0.717) is 16.8 Å². The Morgan fingerprint density at radius 2 is 1.85 bits per heavy atom. The summed E-state index contributed by atoms with van der Waals surface area (Å²) >= 11 is 0. The van der Waals surface area contributed by atoms with Gasteiger partial charge in [0.1, 0.15) is 0 Å². The molecule has 0 aromatic heterocycles. The molecule has 0 spiro atoms. The zero-order valence-electron chi connectivity index (χ0n) is 16.6. The number of carbonyl (C=O) groups excluding carboxylic acids is 1. The summed E-state index contributed by atoms with van der Waals surface area (Å²) in [5.41, 5.74) is 3.82. The smallest absolute Gasteiger partial charge is 0.173 e. The van der Waals surface area contributed by atoms with Crippen LogP contribution in [-0.2, 0) is 4.79 Å². The average molecular weight is 359 g/mol. The van der Waals surface area contributed by atoms with Gasteiger partial charge in [-0.3, -0.25) is 4.79 Å². The Balaban J connectivity index is 0.000000286. The van der Waals surface area contributed by atoms with Crippen molar-refractivity contribution in [1.29, 1.82) is 0 Å². The molecule has 4 atom stereocenters. The van der Waals surface area contributed by atoms with Gasteiger partial charge in [-0.2, -0.15) is 0 Å². The molecule has 2 fully saturated rings. The lowest BCUT2D eigenvalue weighted by Gasteiger charge is -2.55. The van der Waals surface area contributed by atoms with Gasteiger partial charge < -0.3 is 10.2 Å². The number of aliphatic hydroxyl groups excluding tert-OH is 1. The highest BCUT2D eigenvalue weighted by Crippen LogP contribution is 2.61. The number of fused-ring (bicyclic) bond motifs is 4. The Kier molecular flexibility index (Phi) is 5.33. The molecule has 2 N–H and O–H groups in total. The van der Waals surface area contributed by atoms with Crippen LogP contribution in [0.25, 0.3) is 0 Å². The fraction of sp³-hybridized carbons (Fsp3) is 0.696. The van der Waals surface area contributed by atoms with Gasteiger partial charge in [-0.15, -0.1) is 0 Å². The first-order valence-electron chi connectivity index (χ1n) is 10.2. The summed E-state index contributed by atoms with van der Waals surface area (Å²) < 4.78 is 0. The van der Waals surface area contributed by atoms with Crippen LogP contribution in [0.4, 0.5) is 0 Å². The summed E-state index contributed by atoms with van der Waals surface area (Å²) in [6.07, 6.45) is 13.3. The summed E-state index contributed by atoms with van der Waals surface area (Å²) in [6.45, 7) is 9.54. The molecular formula is C23H34O3. The van der Waals surface area contributed by atoms with E-state index in [-0.39, 0.29) is 5.41 Å². The van der Waals surface area contributed by atoms with Crippen LogP contribution in [0.15, 0.2) is 35.5 Å². The van der Waals surface area contributed by atoms with E-state index in [0.717, 1.165) is 18.3 Å². The van der Waals surface area contributed by atoms with Crippen molar-refractivity contribution in [2.75, 3.05) is 0 Å². The zero-order chi connectivity index (χ0) is 19.1. The van der Waals surface area contributed by atoms with E-state index in [1.807, 2.05) is 6.08 Å². The van der Waals surface area contributed by atoms with Crippen LogP contribution in [-0.4, -0.2) is 22.3 Å². The van der Waals surface area contributed by atoms with Crippen molar-refractivity contribution in [2.24, 2.45) is 22.7 Å². The number of hydrogen-bond donors (Lipinski definition) is 2. The van der Waals surface area contributed by atoms with E-state index in [1.165, 1.54) is 50.5 Å². The number of ketones is 1. The normalized spacial score (nSPS) is 38.3. The van der Waals surface area contributed by atoms with Crippen molar-refractivity contribution in [2.45, 2.75) is 78.4 Å². The quantitative estimate of drug-likeness (QED) is 0.527. The van der Waals surface area contributed by atoms with Crippen LogP contribution in [0.1, 0.15) is 72.1 Å². The lowest BCUT2D eigenvalue weighted by Crippen LogP contribution is -2.46. The summed E-state index contributed by atoms with van der Waals surface area (Å²) in [6, 6.07) is 0. The molecule has 0 aliphatic heterocycles. The Morgan fingerprint density at radius 1 is 1.15 bits per heavy atom. The predicted octanol–water partition coefficient (Wildman–Crippen LogP) is 4.70. The topological polar surface area (TPSA) is 57.5 Å². The van der Waals surface area contributed by atoms with Gasteiger partial charge in [-0.05, 0) is 86.8 Å². The molecule has 26 heavy (non-hydrogen) atoms. The van der Waals surface area contributed by atoms with Gasteiger partial charge >= 0.3 is 0 Å². The fourth-order valence-corrected chi connectivity index (χ4v) is 5.90. The Labute approximate surface area is 157 Å². The maximum Gasteiger partial charge on any atom is 0.173 e. The Morgan fingerprint density at radius 3 is 2.50 bits per heavy atom. The molecule has 0 aromatic carbocycles. The highest BCUT2D eigenvalue weighted by Gasteiger charge is 2.53. The highest BCUT2D eigenvalue weighted by molar-refractivity contribution is 6.01. The molecule has 2 saturated carbocycles. The summed E-state index contributed by atoms with van der Waals surface area (Å²) in [5.74, 6) is 2.06. The molecule has 0 amide bonds. The number of carbonyl (C=O) groups is 1. The second kappa shape index (κ2) is 7.09. The van der Waals surface area contributed by atoms with E-state index in [4.69, 9.17) is 10.2 Å². The molecule has 144 valence electrons. The molecule has 4 rings (SSSR count). The maximum atomic E-state index is 12.2. The minimum Gasteiger partial charge on any atom is -0.365 e. The van der Waals surface area contributed by atoms with E-state index in [1.54, 1.807) is 12.5 Å². The largest absolute Gasteiger partial charge is 0.365 e. The second-order valence-corrected chi connectivity index (χ2v) is 9.27. The van der Waals surface area contributed by atoms with Gasteiger partial charge in [0.15, 0.2) is 12.1 Å². The first-order chi connectivity index (χ1) is 12.2. The zero-order valence-corrected chi connectivity index (χ0v) is 16.6. The second-order valence-electron chi connectivity index (χ2n) is 9.27. The van der Waals surface area contributed by atoms with Crippen molar-refractivity contribution in [3.8, 4) is 0 Å².